The third kappa shape index (κ3) is 6.87. The molecule has 2 rings (SSSR count). The maximum atomic E-state index is 13.2. The molecule has 0 N–H and O–H groups in total. The number of benzene rings is 2. The fourth-order valence-corrected chi connectivity index (χ4v) is 3.91. The van der Waals surface area contributed by atoms with Gasteiger partial charge in [-0.15, -0.1) is 0 Å². The lowest BCUT2D eigenvalue weighted by Crippen LogP contribution is -2.31. The summed E-state index contributed by atoms with van der Waals surface area (Å²) in [6, 6.07) is 9.82. The Kier molecular flexibility index (Phi) is 9.19. The van der Waals surface area contributed by atoms with Crippen LogP contribution >= 0.6 is 11.6 Å². The number of sulfone groups is 1. The zero-order valence-electron chi connectivity index (χ0n) is 18.5. The molecule has 2 aromatic rings. The highest BCUT2D eigenvalue weighted by atomic mass is 35.5. The first-order valence-electron chi connectivity index (χ1n) is 10.4. The molecule has 31 heavy (non-hydrogen) atoms. The summed E-state index contributed by atoms with van der Waals surface area (Å²) in [5.74, 6) is 0.987. The summed E-state index contributed by atoms with van der Waals surface area (Å²) in [4.78, 5) is 15.0. The van der Waals surface area contributed by atoms with E-state index < -0.39 is 9.84 Å². The summed E-state index contributed by atoms with van der Waals surface area (Å²) in [7, 11) is -3.46. The van der Waals surface area contributed by atoms with Crippen LogP contribution in [0.4, 0.5) is 0 Å². The second-order valence-electron chi connectivity index (χ2n) is 7.20. The van der Waals surface area contributed by atoms with Gasteiger partial charge in [-0.1, -0.05) is 31.5 Å². The normalized spacial score (nSPS) is 11.3. The second kappa shape index (κ2) is 11.4. The molecule has 0 fully saturated rings. The Morgan fingerprint density at radius 3 is 2.35 bits per heavy atom. The van der Waals surface area contributed by atoms with E-state index in [1.807, 2.05) is 39.0 Å². The van der Waals surface area contributed by atoms with Crippen LogP contribution in [0.15, 0.2) is 41.3 Å². The Morgan fingerprint density at radius 1 is 1.00 bits per heavy atom. The zero-order chi connectivity index (χ0) is 23.0. The van der Waals surface area contributed by atoms with Crippen LogP contribution in [0.1, 0.15) is 49.5 Å². The number of hydrogen-bond acceptors (Lipinski definition) is 5. The van der Waals surface area contributed by atoms with Crippen molar-refractivity contribution < 1.29 is 22.7 Å². The van der Waals surface area contributed by atoms with E-state index in [2.05, 4.69) is 0 Å². The van der Waals surface area contributed by atoms with Crippen LogP contribution in [0.5, 0.6) is 11.5 Å². The molecule has 8 heteroatoms. The molecule has 0 aliphatic heterocycles. The van der Waals surface area contributed by atoms with Crippen LogP contribution in [0, 0.1) is 0 Å². The highest BCUT2D eigenvalue weighted by Gasteiger charge is 2.21. The fourth-order valence-electron chi connectivity index (χ4n) is 3.06. The Balaban J connectivity index is 2.34. The third-order valence-corrected chi connectivity index (χ3v) is 5.96. The van der Waals surface area contributed by atoms with E-state index in [-0.39, 0.29) is 21.4 Å². The maximum absolute atomic E-state index is 13.2. The standard InChI is InChI=1S/C23H30ClNO5S/c1-5-12-25(23(26)19-15-18(31(4,27)28)9-10-20(19)24)16-17-8-11-21(30-13-6-2)22(14-17)29-7-3/h8-11,14-15H,5-7,12-13,16H2,1-4H3. The minimum Gasteiger partial charge on any atom is -0.490 e. The van der Waals surface area contributed by atoms with E-state index in [4.69, 9.17) is 21.1 Å². The molecule has 0 aliphatic rings. The summed E-state index contributed by atoms with van der Waals surface area (Å²) in [5, 5.41) is 0.219. The molecule has 0 saturated carbocycles. The second-order valence-corrected chi connectivity index (χ2v) is 9.63. The average molecular weight is 468 g/mol. The number of nitrogens with zero attached hydrogens (tertiary/aromatic N) is 1. The molecule has 6 nitrogen and oxygen atoms in total. The van der Waals surface area contributed by atoms with Crippen LogP contribution in [-0.4, -0.2) is 45.2 Å². The lowest BCUT2D eigenvalue weighted by Gasteiger charge is -2.24. The Labute approximate surface area is 190 Å². The van der Waals surface area contributed by atoms with Crippen molar-refractivity contribution in [2.24, 2.45) is 0 Å². The van der Waals surface area contributed by atoms with Crippen molar-refractivity contribution in [2.45, 2.75) is 45.1 Å². The molecular formula is C23H30ClNO5S. The van der Waals surface area contributed by atoms with Crippen molar-refractivity contribution in [1.82, 2.24) is 4.90 Å². The van der Waals surface area contributed by atoms with Crippen molar-refractivity contribution in [3.05, 3.63) is 52.5 Å². The molecule has 170 valence electrons. The first-order chi connectivity index (χ1) is 14.7. The predicted molar refractivity (Wildman–Crippen MR) is 123 cm³/mol. The molecule has 0 radical (unpaired) electrons. The van der Waals surface area contributed by atoms with Gasteiger partial charge < -0.3 is 14.4 Å². The Bertz CT molecular complexity index is 1010. The van der Waals surface area contributed by atoms with Gasteiger partial charge in [0.25, 0.3) is 5.91 Å². The smallest absolute Gasteiger partial charge is 0.255 e. The van der Waals surface area contributed by atoms with Crippen molar-refractivity contribution >= 4 is 27.3 Å². The van der Waals surface area contributed by atoms with Crippen molar-refractivity contribution in [1.29, 1.82) is 0 Å². The predicted octanol–water partition coefficient (Wildman–Crippen LogP) is 4.98. The molecule has 0 aromatic heterocycles. The van der Waals surface area contributed by atoms with Gasteiger partial charge in [-0.25, -0.2) is 8.42 Å². The molecule has 0 atom stereocenters. The van der Waals surface area contributed by atoms with Crippen LogP contribution in [0.25, 0.3) is 0 Å². The summed E-state index contributed by atoms with van der Waals surface area (Å²) >= 11 is 6.25. The van der Waals surface area contributed by atoms with E-state index in [1.165, 1.54) is 18.2 Å². The van der Waals surface area contributed by atoms with Gasteiger partial charge in [-0.05, 0) is 55.7 Å². The van der Waals surface area contributed by atoms with Gasteiger partial charge >= 0.3 is 0 Å². The number of carbonyl (C=O) groups excluding carboxylic acids is 1. The Morgan fingerprint density at radius 2 is 1.74 bits per heavy atom. The lowest BCUT2D eigenvalue weighted by molar-refractivity contribution is 0.0743. The number of halogens is 1. The topological polar surface area (TPSA) is 72.9 Å². The van der Waals surface area contributed by atoms with Crippen LogP contribution in [0.3, 0.4) is 0 Å². The molecule has 0 aliphatic carbocycles. The average Bonchev–Trinajstić information content (AvgIpc) is 2.72. The van der Waals surface area contributed by atoms with Crippen LogP contribution in [-0.2, 0) is 16.4 Å². The van der Waals surface area contributed by atoms with Gasteiger partial charge in [0, 0.05) is 19.3 Å². The monoisotopic (exact) mass is 467 g/mol. The third-order valence-electron chi connectivity index (χ3n) is 4.52. The Hall–Kier alpha value is -2.25. The van der Waals surface area contributed by atoms with E-state index in [0.29, 0.717) is 37.8 Å². The van der Waals surface area contributed by atoms with E-state index in [0.717, 1.165) is 24.7 Å². The van der Waals surface area contributed by atoms with E-state index >= 15 is 0 Å². The summed E-state index contributed by atoms with van der Waals surface area (Å²) < 4.78 is 35.3. The van der Waals surface area contributed by atoms with Gasteiger partial charge in [-0.2, -0.15) is 0 Å². The van der Waals surface area contributed by atoms with Crippen molar-refractivity contribution in [3.63, 3.8) is 0 Å². The highest BCUT2D eigenvalue weighted by molar-refractivity contribution is 7.90. The van der Waals surface area contributed by atoms with Gasteiger partial charge in [0.2, 0.25) is 0 Å². The first-order valence-corrected chi connectivity index (χ1v) is 12.7. The molecule has 0 spiro atoms. The number of amides is 1. The molecule has 1 amide bonds. The largest absolute Gasteiger partial charge is 0.490 e. The number of rotatable bonds is 11. The van der Waals surface area contributed by atoms with Crippen LogP contribution in [0.2, 0.25) is 5.02 Å². The van der Waals surface area contributed by atoms with Crippen molar-refractivity contribution in [3.8, 4) is 11.5 Å². The summed E-state index contributed by atoms with van der Waals surface area (Å²) in [5.41, 5.74) is 1.05. The van der Waals surface area contributed by atoms with E-state index in [9.17, 15) is 13.2 Å². The quantitative estimate of drug-likeness (QED) is 0.465. The minimum atomic E-state index is -3.46. The zero-order valence-corrected chi connectivity index (χ0v) is 20.1. The maximum Gasteiger partial charge on any atom is 0.255 e. The highest BCUT2D eigenvalue weighted by Crippen LogP contribution is 2.30. The summed E-state index contributed by atoms with van der Waals surface area (Å²) in [6.45, 7) is 7.83. The summed E-state index contributed by atoms with van der Waals surface area (Å²) in [6.07, 6.45) is 2.73. The van der Waals surface area contributed by atoms with Gasteiger partial charge in [0.15, 0.2) is 21.3 Å². The van der Waals surface area contributed by atoms with Gasteiger partial charge in [0.1, 0.15) is 0 Å². The molecule has 2 aromatic carbocycles. The number of carbonyl (C=O) groups is 1. The minimum absolute atomic E-state index is 0.0627. The SMILES string of the molecule is CCCOc1ccc(CN(CCC)C(=O)c2cc(S(C)(=O)=O)ccc2Cl)cc1OCC. The number of hydrogen-bond donors (Lipinski definition) is 0. The molecule has 0 heterocycles. The lowest BCUT2D eigenvalue weighted by atomic mass is 10.1. The van der Waals surface area contributed by atoms with Gasteiger partial charge in [0.05, 0.1) is 28.7 Å². The molecule has 0 unspecified atom stereocenters. The van der Waals surface area contributed by atoms with Crippen LogP contribution < -0.4 is 9.47 Å². The fraction of sp³-hybridized carbons (Fsp3) is 0.435. The van der Waals surface area contributed by atoms with Crippen molar-refractivity contribution in [2.75, 3.05) is 26.0 Å². The van der Waals surface area contributed by atoms with E-state index in [1.54, 1.807) is 4.90 Å². The van der Waals surface area contributed by atoms with Gasteiger partial charge in [-0.3, -0.25) is 4.79 Å². The molecule has 0 saturated heterocycles. The first kappa shape index (κ1) is 25.0. The molecular weight excluding hydrogens is 438 g/mol. The molecule has 0 bridgehead atoms. The number of ether oxygens (including phenoxy) is 2.